The number of hydrogen-bond donors (Lipinski definition) is 0. The maximum absolute atomic E-state index is 6.25. The third-order valence-electron chi connectivity index (χ3n) is 7.92. The zero-order valence-corrected chi connectivity index (χ0v) is 16.7. The van der Waals surface area contributed by atoms with Gasteiger partial charge in [-0.1, -0.05) is 45.9 Å². The van der Waals surface area contributed by atoms with Crippen LogP contribution < -0.4 is 4.90 Å². The summed E-state index contributed by atoms with van der Waals surface area (Å²) in [6.07, 6.45) is 3.87. The van der Waals surface area contributed by atoms with Gasteiger partial charge in [-0.25, -0.2) is 4.98 Å². The Morgan fingerprint density at radius 1 is 1.12 bits per heavy atom. The number of aromatic nitrogens is 2. The fourth-order valence-electron chi connectivity index (χ4n) is 5.62. The van der Waals surface area contributed by atoms with Gasteiger partial charge in [0.15, 0.2) is 5.76 Å². The Hall–Kier alpha value is -2.23. The van der Waals surface area contributed by atoms with E-state index in [1.54, 1.807) is 0 Å². The number of fused-ring (bicyclic) bond motifs is 7. The van der Waals surface area contributed by atoms with Crippen LogP contribution >= 0.6 is 0 Å². The summed E-state index contributed by atoms with van der Waals surface area (Å²) >= 11 is 0. The molecule has 0 saturated carbocycles. The van der Waals surface area contributed by atoms with E-state index in [4.69, 9.17) is 4.42 Å². The molecule has 0 aliphatic carbocycles. The molecule has 4 heteroatoms. The van der Waals surface area contributed by atoms with Gasteiger partial charge in [-0.2, -0.15) is 0 Å². The van der Waals surface area contributed by atoms with Gasteiger partial charge < -0.3 is 9.32 Å². The number of benzene rings is 1. The van der Waals surface area contributed by atoms with Crippen LogP contribution in [0.4, 0.5) is 5.69 Å². The predicted molar refractivity (Wildman–Crippen MR) is 104 cm³/mol. The van der Waals surface area contributed by atoms with Crippen molar-refractivity contribution in [3.63, 3.8) is 0 Å². The highest BCUT2D eigenvalue weighted by molar-refractivity contribution is 5.71. The lowest BCUT2D eigenvalue weighted by Crippen LogP contribution is -2.62. The molecule has 0 spiro atoms. The van der Waals surface area contributed by atoms with Gasteiger partial charge in [-0.15, -0.1) is 0 Å². The van der Waals surface area contributed by atoms with Crippen molar-refractivity contribution < 1.29 is 4.42 Å². The van der Waals surface area contributed by atoms with Crippen molar-refractivity contribution >= 4 is 11.5 Å². The monoisotopic (exact) mass is 349 g/mol. The van der Waals surface area contributed by atoms with Gasteiger partial charge in [0.05, 0.1) is 17.3 Å². The van der Waals surface area contributed by atoms with Crippen molar-refractivity contribution in [1.29, 1.82) is 0 Å². The molecule has 136 valence electrons. The van der Waals surface area contributed by atoms with E-state index in [-0.39, 0.29) is 22.4 Å². The van der Waals surface area contributed by atoms with Gasteiger partial charge in [-0.05, 0) is 37.3 Å². The highest BCUT2D eigenvalue weighted by Crippen LogP contribution is 2.67. The van der Waals surface area contributed by atoms with Gasteiger partial charge in [0.2, 0.25) is 0 Å². The van der Waals surface area contributed by atoms with Crippen LogP contribution in [0.2, 0.25) is 0 Å². The number of para-hydroxylation sites is 1. The fourth-order valence-corrected chi connectivity index (χ4v) is 5.62. The summed E-state index contributed by atoms with van der Waals surface area (Å²) in [5, 5.41) is 0. The molecule has 3 aromatic rings. The summed E-state index contributed by atoms with van der Waals surface area (Å²) in [7, 11) is 0. The first-order chi connectivity index (χ1) is 12.1. The second-order valence-corrected chi connectivity index (χ2v) is 9.23. The SMILES string of the molecule is Cc1cccc2c1N1C(C)c3oc4nccn4c3C1(C)C(C)(C)C2(C)C. The molecule has 5 rings (SSSR count). The molecule has 2 unspecified atom stereocenters. The highest BCUT2D eigenvalue weighted by atomic mass is 16.4. The number of oxazole rings is 1. The van der Waals surface area contributed by atoms with Crippen LogP contribution in [0.5, 0.6) is 0 Å². The number of nitrogens with zero attached hydrogens (tertiary/aromatic N) is 3. The number of imidazole rings is 1. The van der Waals surface area contributed by atoms with Crippen molar-refractivity contribution in [2.24, 2.45) is 5.41 Å². The third kappa shape index (κ3) is 1.40. The van der Waals surface area contributed by atoms with E-state index in [1.165, 1.54) is 22.5 Å². The Balaban J connectivity index is 1.95. The van der Waals surface area contributed by atoms with Crippen molar-refractivity contribution in [2.75, 3.05) is 4.90 Å². The normalized spacial score (nSPS) is 28.1. The van der Waals surface area contributed by atoms with E-state index in [0.29, 0.717) is 5.84 Å². The Kier molecular flexibility index (Phi) is 2.68. The first-order valence-corrected chi connectivity index (χ1v) is 9.49. The molecule has 0 fully saturated rings. The van der Waals surface area contributed by atoms with E-state index in [1.807, 2.05) is 12.4 Å². The zero-order valence-electron chi connectivity index (χ0n) is 16.7. The molecule has 0 amide bonds. The minimum Gasteiger partial charge on any atom is -0.426 e. The molecule has 4 nitrogen and oxygen atoms in total. The summed E-state index contributed by atoms with van der Waals surface area (Å²) in [6.45, 7) is 16.5. The van der Waals surface area contributed by atoms with E-state index in [0.717, 1.165) is 5.76 Å². The fraction of sp³-hybridized carbons (Fsp3) is 0.500. The summed E-state index contributed by atoms with van der Waals surface area (Å²) in [4.78, 5) is 7.02. The van der Waals surface area contributed by atoms with Gasteiger partial charge >= 0.3 is 5.84 Å². The van der Waals surface area contributed by atoms with Crippen molar-refractivity contribution in [2.45, 2.75) is 65.5 Å². The summed E-state index contributed by atoms with van der Waals surface area (Å²) < 4.78 is 8.41. The van der Waals surface area contributed by atoms with E-state index < -0.39 is 0 Å². The second kappa shape index (κ2) is 4.36. The van der Waals surface area contributed by atoms with Gasteiger partial charge in [0.1, 0.15) is 0 Å². The van der Waals surface area contributed by atoms with Crippen LogP contribution in [-0.2, 0) is 11.0 Å². The smallest absolute Gasteiger partial charge is 0.306 e. The Bertz CT molecular complexity index is 1050. The highest BCUT2D eigenvalue weighted by Gasteiger charge is 2.66. The molecular formula is C22H27N3O. The molecule has 0 bridgehead atoms. The van der Waals surface area contributed by atoms with Crippen LogP contribution in [0.15, 0.2) is 35.0 Å². The summed E-state index contributed by atoms with van der Waals surface area (Å²) in [5.74, 6) is 1.75. The molecule has 0 radical (unpaired) electrons. The average molecular weight is 349 g/mol. The first kappa shape index (κ1) is 16.0. The molecule has 26 heavy (non-hydrogen) atoms. The van der Waals surface area contributed by atoms with E-state index in [2.05, 4.69) is 80.9 Å². The molecule has 0 N–H and O–H groups in total. The van der Waals surface area contributed by atoms with Crippen LogP contribution in [0.1, 0.15) is 70.2 Å². The zero-order chi connectivity index (χ0) is 18.6. The van der Waals surface area contributed by atoms with Crippen LogP contribution in [-0.4, -0.2) is 9.38 Å². The van der Waals surface area contributed by atoms with E-state index >= 15 is 0 Å². The molecule has 4 heterocycles. The Morgan fingerprint density at radius 2 is 1.85 bits per heavy atom. The van der Waals surface area contributed by atoms with Crippen molar-refractivity contribution in [3.8, 4) is 0 Å². The van der Waals surface area contributed by atoms with Gasteiger partial charge in [-0.3, -0.25) is 4.40 Å². The van der Waals surface area contributed by atoms with Crippen molar-refractivity contribution in [3.05, 3.63) is 53.2 Å². The van der Waals surface area contributed by atoms with Gasteiger partial charge in [0, 0.05) is 23.5 Å². The largest absolute Gasteiger partial charge is 0.426 e. The molecule has 2 aliphatic rings. The summed E-state index contributed by atoms with van der Waals surface area (Å²) in [6, 6.07) is 6.91. The quantitative estimate of drug-likeness (QED) is 0.548. The topological polar surface area (TPSA) is 33.7 Å². The number of hydrogen-bond acceptors (Lipinski definition) is 3. The van der Waals surface area contributed by atoms with Crippen LogP contribution in [0, 0.1) is 12.3 Å². The lowest BCUT2D eigenvalue weighted by molar-refractivity contribution is 0.0618. The first-order valence-electron chi connectivity index (χ1n) is 9.49. The molecular weight excluding hydrogens is 322 g/mol. The maximum Gasteiger partial charge on any atom is 0.306 e. The number of anilines is 1. The van der Waals surface area contributed by atoms with Gasteiger partial charge in [0.25, 0.3) is 0 Å². The number of aryl methyl sites for hydroxylation is 1. The third-order valence-corrected chi connectivity index (χ3v) is 7.92. The lowest BCUT2D eigenvalue weighted by Gasteiger charge is -2.61. The molecule has 1 aromatic carbocycles. The lowest BCUT2D eigenvalue weighted by atomic mass is 9.52. The molecule has 2 aromatic heterocycles. The molecule has 0 saturated heterocycles. The van der Waals surface area contributed by atoms with Crippen molar-refractivity contribution in [1.82, 2.24) is 9.38 Å². The minimum atomic E-state index is -0.198. The van der Waals surface area contributed by atoms with Crippen LogP contribution in [0.3, 0.4) is 0 Å². The number of rotatable bonds is 0. The average Bonchev–Trinajstić information content (AvgIpc) is 3.19. The molecule has 2 atom stereocenters. The van der Waals surface area contributed by atoms with Crippen LogP contribution in [0.25, 0.3) is 5.84 Å². The Morgan fingerprint density at radius 3 is 2.58 bits per heavy atom. The maximum atomic E-state index is 6.25. The molecule has 2 aliphatic heterocycles. The second-order valence-electron chi connectivity index (χ2n) is 9.23. The standard InChI is InChI=1S/C22H27N3O/c1-13-9-8-10-15-16(13)25-14(2)17-18(24-12-11-23-19(24)26-17)22(25,7)21(5,6)20(15,3)4/h8-12,14H,1-7H3. The predicted octanol–water partition coefficient (Wildman–Crippen LogP) is 5.35. The van der Waals surface area contributed by atoms with E-state index in [9.17, 15) is 0 Å². The summed E-state index contributed by atoms with van der Waals surface area (Å²) in [5.41, 5.74) is 5.16. The minimum absolute atomic E-state index is 0.00507. The Labute approximate surface area is 154 Å².